The predicted molar refractivity (Wildman–Crippen MR) is 97.3 cm³/mol. The van der Waals surface area contributed by atoms with Crippen LogP contribution >= 0.6 is 11.8 Å². The van der Waals surface area contributed by atoms with Crippen LogP contribution in [0.15, 0.2) is 23.3 Å². The minimum atomic E-state index is -1.21. The molecule has 5 nitrogen and oxygen atoms in total. The van der Waals surface area contributed by atoms with Crippen LogP contribution in [0, 0.1) is 0 Å². The zero-order valence-electron chi connectivity index (χ0n) is 14.4. The van der Waals surface area contributed by atoms with E-state index in [0.29, 0.717) is 23.8 Å². The molecule has 0 bridgehead atoms. The number of methoxy groups -OCH3 is 1. The molecule has 0 aromatic carbocycles. The van der Waals surface area contributed by atoms with Crippen LogP contribution in [0.5, 0.6) is 5.75 Å². The molecule has 1 atom stereocenters. The van der Waals surface area contributed by atoms with Crippen LogP contribution in [0.2, 0.25) is 25.7 Å². The first-order valence-electron chi connectivity index (χ1n) is 7.64. The summed E-state index contributed by atoms with van der Waals surface area (Å²) in [4.78, 5) is 21.3. The van der Waals surface area contributed by atoms with Crippen molar-refractivity contribution >= 4 is 30.8 Å². The van der Waals surface area contributed by atoms with E-state index in [-0.39, 0.29) is 5.97 Å². The second kappa shape index (κ2) is 7.05. The fourth-order valence-electron chi connectivity index (χ4n) is 2.04. The predicted octanol–water partition coefficient (Wildman–Crippen LogP) is 3.22. The molecule has 0 saturated carbocycles. The standard InChI is InChI=1S/C16H24N2O3SSi/c1-16(15(19)21-9-10-23(3,4)5)11-22-14(18-16)13-12(20-2)7-6-8-17-13/h6-8H,9-11H2,1-5H3. The number of rotatable bonds is 6. The summed E-state index contributed by atoms with van der Waals surface area (Å²) in [5, 5.41) is 0.729. The molecule has 0 radical (unpaired) electrons. The average molecular weight is 353 g/mol. The van der Waals surface area contributed by atoms with Crippen LogP contribution in [-0.4, -0.2) is 49.1 Å². The number of esters is 1. The molecular weight excluding hydrogens is 328 g/mol. The van der Waals surface area contributed by atoms with E-state index in [2.05, 4.69) is 29.6 Å². The number of nitrogens with zero attached hydrogens (tertiary/aromatic N) is 2. The summed E-state index contributed by atoms with van der Waals surface area (Å²) < 4.78 is 10.8. The Hall–Kier alpha value is -1.34. The number of hydrogen-bond acceptors (Lipinski definition) is 6. The van der Waals surface area contributed by atoms with Gasteiger partial charge in [0.25, 0.3) is 0 Å². The van der Waals surface area contributed by atoms with Gasteiger partial charge in [-0.3, -0.25) is 9.98 Å². The van der Waals surface area contributed by atoms with Gasteiger partial charge in [0.1, 0.15) is 16.5 Å². The van der Waals surface area contributed by atoms with E-state index in [1.54, 1.807) is 13.3 Å². The summed E-state index contributed by atoms with van der Waals surface area (Å²) in [6.45, 7) is 9.08. The lowest BCUT2D eigenvalue weighted by atomic mass is 10.1. The monoisotopic (exact) mass is 352 g/mol. The third-order valence-electron chi connectivity index (χ3n) is 3.56. The van der Waals surface area contributed by atoms with E-state index in [4.69, 9.17) is 9.47 Å². The van der Waals surface area contributed by atoms with Crippen molar-refractivity contribution < 1.29 is 14.3 Å². The molecule has 0 saturated heterocycles. The minimum Gasteiger partial charge on any atom is -0.494 e. The fourth-order valence-corrected chi connectivity index (χ4v) is 3.92. The van der Waals surface area contributed by atoms with Crippen molar-refractivity contribution in [3.8, 4) is 5.75 Å². The number of carbonyl (C=O) groups is 1. The summed E-state index contributed by atoms with van der Waals surface area (Å²) in [7, 11) is 0.390. The topological polar surface area (TPSA) is 60.8 Å². The summed E-state index contributed by atoms with van der Waals surface area (Å²) in [5.41, 5.74) is -0.166. The SMILES string of the molecule is COc1cccnc1C1=NC(C)(C(=O)OCC[Si](C)(C)C)CS1. The summed E-state index contributed by atoms with van der Waals surface area (Å²) >= 11 is 1.51. The van der Waals surface area contributed by atoms with E-state index in [9.17, 15) is 4.79 Å². The molecular formula is C16H24N2O3SSi. The zero-order chi connectivity index (χ0) is 17.1. The Morgan fingerprint density at radius 3 is 2.83 bits per heavy atom. The van der Waals surface area contributed by atoms with Crippen molar-refractivity contribution in [1.82, 2.24) is 4.98 Å². The molecule has 1 aliphatic rings. The molecule has 0 fully saturated rings. The third-order valence-corrected chi connectivity index (χ3v) is 6.53. The van der Waals surface area contributed by atoms with Gasteiger partial charge in [-0.2, -0.15) is 0 Å². The highest BCUT2D eigenvalue weighted by Gasteiger charge is 2.41. The van der Waals surface area contributed by atoms with Crippen LogP contribution in [0.3, 0.4) is 0 Å². The minimum absolute atomic E-state index is 0.256. The first-order valence-corrected chi connectivity index (χ1v) is 12.3. The highest BCUT2D eigenvalue weighted by Crippen LogP contribution is 2.34. The first kappa shape index (κ1) is 18.0. The number of ether oxygens (including phenoxy) is 2. The number of pyridine rings is 1. The van der Waals surface area contributed by atoms with Crippen molar-refractivity contribution in [3.05, 3.63) is 24.0 Å². The Kier molecular flexibility index (Phi) is 5.51. The second-order valence-corrected chi connectivity index (χ2v) is 13.6. The van der Waals surface area contributed by atoms with E-state index in [1.165, 1.54) is 11.8 Å². The van der Waals surface area contributed by atoms with E-state index in [1.807, 2.05) is 19.1 Å². The number of carbonyl (C=O) groups excluding carboxylic acids is 1. The van der Waals surface area contributed by atoms with Crippen LogP contribution < -0.4 is 4.74 Å². The average Bonchev–Trinajstić information content (AvgIpc) is 2.89. The molecule has 0 aliphatic carbocycles. The largest absolute Gasteiger partial charge is 0.494 e. The van der Waals surface area contributed by atoms with E-state index in [0.717, 1.165) is 11.1 Å². The summed E-state index contributed by atoms with van der Waals surface area (Å²) in [6, 6.07) is 4.62. The highest BCUT2D eigenvalue weighted by molar-refractivity contribution is 8.14. The molecule has 7 heteroatoms. The van der Waals surface area contributed by atoms with Gasteiger partial charge >= 0.3 is 5.97 Å². The van der Waals surface area contributed by atoms with Crippen LogP contribution in [0.25, 0.3) is 0 Å². The lowest BCUT2D eigenvalue weighted by Gasteiger charge is -2.20. The molecule has 0 N–H and O–H groups in total. The lowest BCUT2D eigenvalue weighted by molar-refractivity contribution is -0.147. The maximum Gasteiger partial charge on any atom is 0.334 e. The van der Waals surface area contributed by atoms with Crippen molar-refractivity contribution in [2.24, 2.45) is 4.99 Å². The van der Waals surface area contributed by atoms with Crippen LogP contribution in [-0.2, 0) is 9.53 Å². The van der Waals surface area contributed by atoms with Crippen molar-refractivity contribution in [2.75, 3.05) is 19.5 Å². The van der Waals surface area contributed by atoms with Crippen LogP contribution in [0.4, 0.5) is 0 Å². The Bertz CT molecular complexity index is 616. The number of aliphatic imine (C=N–C) groups is 1. The summed E-state index contributed by atoms with van der Waals surface area (Å²) in [5.74, 6) is 0.969. The van der Waals surface area contributed by atoms with Gasteiger partial charge < -0.3 is 9.47 Å². The maximum atomic E-state index is 12.4. The molecule has 1 aromatic rings. The second-order valence-electron chi connectivity index (χ2n) is 6.98. The first-order chi connectivity index (χ1) is 10.7. The Balaban J connectivity index is 2.09. The molecule has 23 heavy (non-hydrogen) atoms. The third kappa shape index (κ3) is 4.57. The quantitative estimate of drug-likeness (QED) is 0.581. The normalized spacial score (nSPS) is 21.0. The van der Waals surface area contributed by atoms with Gasteiger partial charge in [0.2, 0.25) is 0 Å². The van der Waals surface area contributed by atoms with Crippen molar-refractivity contribution in [1.29, 1.82) is 0 Å². The molecule has 126 valence electrons. The number of aromatic nitrogens is 1. The van der Waals surface area contributed by atoms with Crippen molar-refractivity contribution in [3.63, 3.8) is 0 Å². The van der Waals surface area contributed by atoms with E-state index >= 15 is 0 Å². The van der Waals surface area contributed by atoms with Gasteiger partial charge in [0, 0.05) is 20.0 Å². The number of thioether (sulfide) groups is 1. The van der Waals surface area contributed by atoms with Gasteiger partial charge in [-0.05, 0) is 25.1 Å². The fraction of sp³-hybridized carbons (Fsp3) is 0.562. The van der Waals surface area contributed by atoms with Gasteiger partial charge in [-0.25, -0.2) is 4.79 Å². The van der Waals surface area contributed by atoms with Gasteiger partial charge in [0.15, 0.2) is 5.54 Å². The van der Waals surface area contributed by atoms with Crippen LogP contribution in [0.1, 0.15) is 12.6 Å². The highest BCUT2D eigenvalue weighted by atomic mass is 32.2. The molecule has 1 unspecified atom stereocenters. The Morgan fingerprint density at radius 1 is 1.43 bits per heavy atom. The van der Waals surface area contributed by atoms with Crippen molar-refractivity contribution in [2.45, 2.75) is 38.1 Å². The van der Waals surface area contributed by atoms with Gasteiger partial charge in [-0.1, -0.05) is 19.6 Å². The number of hydrogen-bond donors (Lipinski definition) is 0. The molecule has 1 aromatic heterocycles. The molecule has 2 rings (SSSR count). The maximum absolute atomic E-state index is 12.4. The Labute approximate surface area is 142 Å². The lowest BCUT2D eigenvalue weighted by Crippen LogP contribution is -2.36. The molecule has 1 aliphatic heterocycles. The molecule has 2 heterocycles. The summed E-state index contributed by atoms with van der Waals surface area (Å²) in [6.07, 6.45) is 1.70. The van der Waals surface area contributed by atoms with E-state index < -0.39 is 13.6 Å². The van der Waals surface area contributed by atoms with Gasteiger partial charge in [0.05, 0.1) is 13.7 Å². The molecule has 0 amide bonds. The zero-order valence-corrected chi connectivity index (χ0v) is 16.2. The smallest absolute Gasteiger partial charge is 0.334 e. The molecule has 0 spiro atoms. The van der Waals surface area contributed by atoms with Gasteiger partial charge in [-0.15, -0.1) is 11.8 Å². The Morgan fingerprint density at radius 2 is 2.17 bits per heavy atom.